The van der Waals surface area contributed by atoms with Gasteiger partial charge in [-0.05, 0) is 51.5 Å². The fraction of sp³-hybridized carbons (Fsp3) is 0.600. The van der Waals surface area contributed by atoms with E-state index in [4.69, 9.17) is 10.5 Å². The summed E-state index contributed by atoms with van der Waals surface area (Å²) in [5.74, 6) is 0.0966. The van der Waals surface area contributed by atoms with E-state index in [2.05, 4.69) is 12.2 Å². The van der Waals surface area contributed by atoms with E-state index in [1.807, 2.05) is 0 Å². The molecule has 0 radical (unpaired) electrons. The Balaban J connectivity index is 2.27. The molecule has 1 heterocycles. The Labute approximate surface area is 128 Å². The van der Waals surface area contributed by atoms with Gasteiger partial charge in [0.2, 0.25) is 0 Å². The van der Waals surface area contributed by atoms with Crippen LogP contribution in [0.1, 0.15) is 54.9 Å². The van der Waals surface area contributed by atoms with Crippen LogP contribution in [-0.2, 0) is 17.6 Å². The molecule has 1 aromatic heterocycles. The lowest BCUT2D eigenvalue weighted by Gasteiger charge is -2.19. The molecule has 1 aliphatic carbocycles. The second kappa shape index (κ2) is 5.67. The van der Waals surface area contributed by atoms with Gasteiger partial charge in [-0.25, -0.2) is 4.79 Å². The monoisotopic (exact) mass is 310 g/mol. The normalized spacial score (nSPS) is 18.0. The van der Waals surface area contributed by atoms with Crippen molar-refractivity contribution in [2.45, 2.75) is 52.6 Å². The molecule has 6 heteroatoms. The number of ether oxygens (including phenoxy) is 1. The van der Waals surface area contributed by atoms with Crippen LogP contribution in [0.3, 0.4) is 0 Å². The molecule has 116 valence electrons. The summed E-state index contributed by atoms with van der Waals surface area (Å²) in [5, 5.41) is 3.19. The van der Waals surface area contributed by atoms with Crippen molar-refractivity contribution in [1.29, 1.82) is 0 Å². The van der Waals surface area contributed by atoms with E-state index in [0.717, 1.165) is 29.7 Å². The molecule has 0 fully saturated rings. The third kappa shape index (κ3) is 3.75. The predicted molar refractivity (Wildman–Crippen MR) is 83.9 cm³/mol. The summed E-state index contributed by atoms with van der Waals surface area (Å²) in [7, 11) is 0. The van der Waals surface area contributed by atoms with Gasteiger partial charge in [-0.15, -0.1) is 11.3 Å². The van der Waals surface area contributed by atoms with E-state index in [9.17, 15) is 9.59 Å². The molecule has 5 nitrogen and oxygen atoms in total. The second-order valence-corrected chi connectivity index (χ2v) is 7.65. The molecule has 0 saturated carbocycles. The Morgan fingerprint density at radius 2 is 2.05 bits per heavy atom. The lowest BCUT2D eigenvalue weighted by molar-refractivity contribution is 0.0636. The first kappa shape index (κ1) is 15.8. The average Bonchev–Trinajstić information content (AvgIpc) is 2.62. The van der Waals surface area contributed by atoms with E-state index in [-0.39, 0.29) is 0 Å². The van der Waals surface area contributed by atoms with E-state index < -0.39 is 17.6 Å². The fourth-order valence-corrected chi connectivity index (χ4v) is 3.90. The lowest BCUT2D eigenvalue weighted by Crippen LogP contribution is -2.27. The van der Waals surface area contributed by atoms with Crippen LogP contribution in [0.5, 0.6) is 0 Å². The van der Waals surface area contributed by atoms with Gasteiger partial charge in [-0.1, -0.05) is 6.92 Å². The number of hydrogen-bond acceptors (Lipinski definition) is 4. The number of amides is 2. The third-order valence-corrected chi connectivity index (χ3v) is 4.54. The molecular formula is C15H22N2O3S. The van der Waals surface area contributed by atoms with Crippen molar-refractivity contribution in [3.63, 3.8) is 0 Å². The van der Waals surface area contributed by atoms with Gasteiger partial charge in [0.1, 0.15) is 10.6 Å². The molecular weight excluding hydrogens is 288 g/mol. The first-order chi connectivity index (χ1) is 9.67. The van der Waals surface area contributed by atoms with Crippen LogP contribution in [-0.4, -0.2) is 17.6 Å². The Morgan fingerprint density at radius 3 is 2.62 bits per heavy atom. The summed E-state index contributed by atoms with van der Waals surface area (Å²) >= 11 is 1.44. The quantitative estimate of drug-likeness (QED) is 0.879. The highest BCUT2D eigenvalue weighted by molar-refractivity contribution is 7.17. The maximum Gasteiger partial charge on any atom is 0.412 e. The number of primary amides is 1. The van der Waals surface area contributed by atoms with Crippen molar-refractivity contribution in [2.24, 2.45) is 11.7 Å². The van der Waals surface area contributed by atoms with Crippen molar-refractivity contribution in [1.82, 2.24) is 0 Å². The SMILES string of the molecule is CC1CCc2c(sc(NC(=O)OC(C)(C)C)c2C(N)=O)C1. The summed E-state index contributed by atoms with van der Waals surface area (Å²) in [6.07, 6.45) is 2.24. The molecule has 21 heavy (non-hydrogen) atoms. The van der Waals surface area contributed by atoms with Crippen LogP contribution in [0, 0.1) is 5.92 Å². The molecule has 1 atom stereocenters. The lowest BCUT2D eigenvalue weighted by atomic mass is 9.88. The van der Waals surface area contributed by atoms with Crippen LogP contribution in [0.25, 0.3) is 0 Å². The zero-order valence-corrected chi connectivity index (χ0v) is 13.7. The Hall–Kier alpha value is -1.56. The number of carbonyl (C=O) groups excluding carboxylic acids is 2. The molecule has 2 rings (SSSR count). The third-order valence-electron chi connectivity index (χ3n) is 3.37. The topological polar surface area (TPSA) is 81.4 Å². The Morgan fingerprint density at radius 1 is 1.38 bits per heavy atom. The summed E-state index contributed by atoms with van der Waals surface area (Å²) in [6, 6.07) is 0. The minimum atomic E-state index is -0.581. The number of carbonyl (C=O) groups is 2. The van der Waals surface area contributed by atoms with Gasteiger partial charge >= 0.3 is 6.09 Å². The Bertz CT molecular complexity index is 572. The predicted octanol–water partition coefficient (Wildman–Crippen LogP) is 3.32. The summed E-state index contributed by atoms with van der Waals surface area (Å²) in [6.45, 7) is 7.57. The molecule has 0 aromatic carbocycles. The Kier molecular flexibility index (Phi) is 4.27. The average molecular weight is 310 g/mol. The van der Waals surface area contributed by atoms with E-state index in [1.165, 1.54) is 11.3 Å². The highest BCUT2D eigenvalue weighted by atomic mass is 32.1. The first-order valence-corrected chi connectivity index (χ1v) is 7.93. The number of nitrogens with one attached hydrogen (secondary N) is 1. The number of anilines is 1. The van der Waals surface area contributed by atoms with Crippen LogP contribution in [0.15, 0.2) is 0 Å². The van der Waals surface area contributed by atoms with Crippen LogP contribution in [0.2, 0.25) is 0 Å². The van der Waals surface area contributed by atoms with Gasteiger partial charge in [0.25, 0.3) is 5.91 Å². The molecule has 1 aromatic rings. The van der Waals surface area contributed by atoms with Gasteiger partial charge in [-0.2, -0.15) is 0 Å². The van der Waals surface area contributed by atoms with E-state index >= 15 is 0 Å². The van der Waals surface area contributed by atoms with E-state index in [1.54, 1.807) is 20.8 Å². The van der Waals surface area contributed by atoms with Crippen molar-refractivity contribution >= 4 is 28.3 Å². The molecule has 1 unspecified atom stereocenters. The van der Waals surface area contributed by atoms with Crippen molar-refractivity contribution in [3.8, 4) is 0 Å². The van der Waals surface area contributed by atoms with Crippen molar-refractivity contribution < 1.29 is 14.3 Å². The molecule has 0 saturated heterocycles. The van der Waals surface area contributed by atoms with Crippen LogP contribution in [0.4, 0.5) is 9.80 Å². The van der Waals surface area contributed by atoms with Gasteiger partial charge in [0.15, 0.2) is 0 Å². The molecule has 0 spiro atoms. The number of thiophene rings is 1. The largest absolute Gasteiger partial charge is 0.444 e. The van der Waals surface area contributed by atoms with Gasteiger partial charge in [-0.3, -0.25) is 10.1 Å². The van der Waals surface area contributed by atoms with Crippen LogP contribution >= 0.6 is 11.3 Å². The zero-order valence-electron chi connectivity index (χ0n) is 12.9. The van der Waals surface area contributed by atoms with Gasteiger partial charge in [0, 0.05) is 4.88 Å². The van der Waals surface area contributed by atoms with Crippen molar-refractivity contribution in [3.05, 3.63) is 16.0 Å². The summed E-state index contributed by atoms with van der Waals surface area (Å²) in [4.78, 5) is 24.8. The maximum absolute atomic E-state index is 11.9. The van der Waals surface area contributed by atoms with Gasteiger partial charge < -0.3 is 10.5 Å². The molecule has 0 aliphatic heterocycles. The van der Waals surface area contributed by atoms with Crippen molar-refractivity contribution in [2.75, 3.05) is 5.32 Å². The second-order valence-electron chi connectivity index (χ2n) is 6.55. The summed E-state index contributed by atoms with van der Waals surface area (Å²) in [5.41, 5.74) is 6.36. The fourth-order valence-electron chi connectivity index (χ4n) is 2.50. The maximum atomic E-state index is 11.9. The zero-order chi connectivity index (χ0) is 15.8. The number of fused-ring (bicyclic) bond motifs is 1. The van der Waals surface area contributed by atoms with Crippen LogP contribution < -0.4 is 11.1 Å². The first-order valence-electron chi connectivity index (χ1n) is 7.11. The minimum Gasteiger partial charge on any atom is -0.444 e. The highest BCUT2D eigenvalue weighted by Gasteiger charge is 2.28. The highest BCUT2D eigenvalue weighted by Crippen LogP contribution is 2.39. The number of nitrogens with two attached hydrogens (primary N) is 1. The molecule has 3 N–H and O–H groups in total. The number of rotatable bonds is 2. The number of hydrogen-bond donors (Lipinski definition) is 2. The molecule has 1 aliphatic rings. The molecule has 2 amide bonds. The van der Waals surface area contributed by atoms with Gasteiger partial charge in [0.05, 0.1) is 5.56 Å². The standard InChI is InChI=1S/C15H22N2O3S/c1-8-5-6-9-10(7-8)21-13(11(9)12(16)18)17-14(19)20-15(2,3)4/h8H,5-7H2,1-4H3,(H2,16,18)(H,17,19). The smallest absolute Gasteiger partial charge is 0.412 e. The summed E-state index contributed by atoms with van der Waals surface area (Å²) < 4.78 is 5.23. The van der Waals surface area contributed by atoms with E-state index in [0.29, 0.717) is 16.5 Å². The molecule has 0 bridgehead atoms. The minimum absolute atomic E-state index is 0.452.